The Hall–Kier alpha value is -2.34. The van der Waals surface area contributed by atoms with Crippen LogP contribution in [-0.2, 0) is 22.4 Å². The van der Waals surface area contributed by atoms with Crippen LogP contribution in [0.1, 0.15) is 11.1 Å². The zero-order valence-electron chi connectivity index (χ0n) is 13.9. The second-order valence-corrected chi connectivity index (χ2v) is 6.43. The number of amides is 2. The largest absolute Gasteiger partial charge is 0.493 e. The van der Waals surface area contributed by atoms with Crippen molar-refractivity contribution in [3.63, 3.8) is 0 Å². The number of nitrogens with one attached hydrogen (secondary N) is 1. The molecule has 0 fully saturated rings. The van der Waals surface area contributed by atoms with Gasteiger partial charge in [0.05, 0.1) is 11.9 Å². The quantitative estimate of drug-likeness (QED) is 0.698. The van der Waals surface area contributed by atoms with Gasteiger partial charge in [-0.05, 0) is 42.0 Å². The highest BCUT2D eigenvalue weighted by atomic mass is 32.2. The van der Waals surface area contributed by atoms with E-state index in [1.54, 1.807) is 18.2 Å². The van der Waals surface area contributed by atoms with Gasteiger partial charge in [-0.15, -0.1) is 0 Å². The van der Waals surface area contributed by atoms with E-state index in [4.69, 9.17) is 4.74 Å². The summed E-state index contributed by atoms with van der Waals surface area (Å²) >= 11 is 1.39. The molecule has 4 nitrogen and oxygen atoms in total. The van der Waals surface area contributed by atoms with Gasteiger partial charge in [-0.2, -0.15) is 11.8 Å². The average molecular weight is 361 g/mol. The van der Waals surface area contributed by atoms with Crippen molar-refractivity contribution in [2.24, 2.45) is 0 Å². The molecule has 2 amide bonds. The van der Waals surface area contributed by atoms with Gasteiger partial charge in [-0.1, -0.05) is 30.3 Å². The summed E-state index contributed by atoms with van der Waals surface area (Å²) in [5.41, 5.74) is 1.60. The molecule has 0 radical (unpaired) electrons. The SMILES string of the molecule is CSC(Cc1ccc(OCCc2ccccc2F)cc1)C(=O)NC=O. The van der Waals surface area contributed by atoms with E-state index < -0.39 is 0 Å². The second kappa shape index (κ2) is 9.84. The third-order valence-electron chi connectivity index (χ3n) is 3.72. The van der Waals surface area contributed by atoms with E-state index >= 15 is 0 Å². The van der Waals surface area contributed by atoms with Gasteiger partial charge < -0.3 is 4.74 Å². The van der Waals surface area contributed by atoms with Crippen molar-refractivity contribution >= 4 is 24.1 Å². The Morgan fingerprint density at radius 3 is 2.60 bits per heavy atom. The molecule has 0 heterocycles. The molecule has 0 aliphatic carbocycles. The van der Waals surface area contributed by atoms with Crippen LogP contribution in [0.3, 0.4) is 0 Å². The smallest absolute Gasteiger partial charge is 0.239 e. The molecule has 25 heavy (non-hydrogen) atoms. The Kier molecular flexibility index (Phi) is 7.47. The lowest BCUT2D eigenvalue weighted by Crippen LogP contribution is -2.32. The summed E-state index contributed by atoms with van der Waals surface area (Å²) in [7, 11) is 0. The third kappa shape index (κ3) is 5.90. The molecule has 0 spiro atoms. The molecule has 132 valence electrons. The summed E-state index contributed by atoms with van der Waals surface area (Å²) in [5.74, 6) is 0.170. The summed E-state index contributed by atoms with van der Waals surface area (Å²) in [4.78, 5) is 22.1. The first-order valence-electron chi connectivity index (χ1n) is 7.86. The molecular formula is C19H20FNO3S. The predicted molar refractivity (Wildman–Crippen MR) is 97.3 cm³/mol. The Labute approximate surface area is 150 Å². The Bertz CT molecular complexity index is 706. The second-order valence-electron chi connectivity index (χ2n) is 5.39. The number of thioether (sulfide) groups is 1. The number of benzene rings is 2. The minimum atomic E-state index is -0.321. The number of hydrogen-bond donors (Lipinski definition) is 1. The molecular weight excluding hydrogens is 341 g/mol. The summed E-state index contributed by atoms with van der Waals surface area (Å²) in [6.45, 7) is 0.384. The van der Waals surface area contributed by atoms with Crippen molar-refractivity contribution in [3.05, 3.63) is 65.5 Å². The van der Waals surface area contributed by atoms with Crippen LogP contribution < -0.4 is 10.1 Å². The van der Waals surface area contributed by atoms with E-state index in [0.717, 1.165) is 5.56 Å². The Morgan fingerprint density at radius 1 is 1.24 bits per heavy atom. The zero-order valence-corrected chi connectivity index (χ0v) is 14.7. The van der Waals surface area contributed by atoms with E-state index in [9.17, 15) is 14.0 Å². The number of halogens is 1. The standard InChI is InChI=1S/C19H20FNO3S/c1-25-18(19(23)21-13-22)12-14-6-8-16(9-7-14)24-11-10-15-4-2-3-5-17(15)20/h2-9,13,18H,10-12H2,1H3,(H,21,22,23). The highest BCUT2D eigenvalue weighted by molar-refractivity contribution is 7.99. The number of imide groups is 1. The number of ether oxygens (including phenoxy) is 1. The molecule has 2 aromatic rings. The molecule has 6 heteroatoms. The molecule has 1 atom stereocenters. The van der Waals surface area contributed by atoms with Crippen LogP contribution in [0.15, 0.2) is 48.5 Å². The normalized spacial score (nSPS) is 11.6. The Morgan fingerprint density at radius 2 is 1.96 bits per heavy atom. The van der Waals surface area contributed by atoms with Gasteiger partial charge >= 0.3 is 0 Å². The van der Waals surface area contributed by atoms with Crippen LogP contribution >= 0.6 is 11.8 Å². The van der Waals surface area contributed by atoms with Crippen molar-refractivity contribution in [3.8, 4) is 5.75 Å². The molecule has 0 saturated heterocycles. The van der Waals surface area contributed by atoms with Crippen LogP contribution in [-0.4, -0.2) is 30.4 Å². The van der Waals surface area contributed by atoms with E-state index in [0.29, 0.717) is 37.2 Å². The fraction of sp³-hybridized carbons (Fsp3) is 0.263. The van der Waals surface area contributed by atoms with Crippen LogP contribution in [0.25, 0.3) is 0 Å². The van der Waals surface area contributed by atoms with Crippen molar-refractivity contribution < 1.29 is 18.7 Å². The van der Waals surface area contributed by atoms with Gasteiger partial charge in [0.25, 0.3) is 0 Å². The molecule has 0 saturated carbocycles. The van der Waals surface area contributed by atoms with E-state index in [1.807, 2.05) is 30.5 Å². The maximum Gasteiger partial charge on any atom is 0.239 e. The number of rotatable bonds is 9. The van der Waals surface area contributed by atoms with Crippen molar-refractivity contribution in [1.29, 1.82) is 0 Å². The highest BCUT2D eigenvalue weighted by Crippen LogP contribution is 2.18. The van der Waals surface area contributed by atoms with Crippen molar-refractivity contribution in [2.75, 3.05) is 12.9 Å². The van der Waals surface area contributed by atoms with Gasteiger partial charge in [0, 0.05) is 6.42 Å². The first-order chi connectivity index (χ1) is 12.1. The molecule has 0 aromatic heterocycles. The summed E-state index contributed by atoms with van der Waals surface area (Å²) < 4.78 is 19.2. The fourth-order valence-corrected chi connectivity index (χ4v) is 2.99. The fourth-order valence-electron chi connectivity index (χ4n) is 2.35. The number of hydrogen-bond acceptors (Lipinski definition) is 4. The average Bonchev–Trinajstić information content (AvgIpc) is 2.62. The topological polar surface area (TPSA) is 55.4 Å². The summed E-state index contributed by atoms with van der Waals surface area (Å²) in [6, 6.07) is 14.1. The van der Waals surface area contributed by atoms with Gasteiger partial charge in [-0.25, -0.2) is 4.39 Å². The third-order valence-corrected chi connectivity index (χ3v) is 4.67. The van der Waals surface area contributed by atoms with Gasteiger partial charge in [0.2, 0.25) is 12.3 Å². The predicted octanol–water partition coefficient (Wildman–Crippen LogP) is 2.99. The minimum Gasteiger partial charge on any atom is -0.493 e. The maximum absolute atomic E-state index is 13.5. The number of carbonyl (C=O) groups excluding carboxylic acids is 2. The molecule has 2 aromatic carbocycles. The van der Waals surface area contributed by atoms with Gasteiger partial charge in [-0.3, -0.25) is 14.9 Å². The van der Waals surface area contributed by atoms with Gasteiger partial charge in [0.15, 0.2) is 0 Å². The van der Waals surface area contributed by atoms with Crippen LogP contribution in [0.2, 0.25) is 0 Å². The molecule has 1 unspecified atom stereocenters. The first-order valence-corrected chi connectivity index (χ1v) is 9.14. The van der Waals surface area contributed by atoms with Gasteiger partial charge in [0.1, 0.15) is 11.6 Å². The molecule has 0 aliphatic rings. The highest BCUT2D eigenvalue weighted by Gasteiger charge is 2.17. The lowest BCUT2D eigenvalue weighted by Gasteiger charge is -2.13. The zero-order chi connectivity index (χ0) is 18.1. The van der Waals surface area contributed by atoms with Crippen molar-refractivity contribution in [1.82, 2.24) is 5.32 Å². The van der Waals surface area contributed by atoms with E-state index in [-0.39, 0.29) is 17.0 Å². The lowest BCUT2D eigenvalue weighted by atomic mass is 10.1. The van der Waals surface area contributed by atoms with E-state index in [2.05, 4.69) is 5.32 Å². The molecule has 1 N–H and O–H groups in total. The summed E-state index contributed by atoms with van der Waals surface area (Å²) in [5, 5.41) is 1.86. The van der Waals surface area contributed by atoms with Crippen LogP contribution in [0.5, 0.6) is 5.75 Å². The summed E-state index contributed by atoms with van der Waals surface area (Å²) in [6.07, 6.45) is 3.25. The molecule has 0 aliphatic heterocycles. The van der Waals surface area contributed by atoms with Crippen LogP contribution in [0.4, 0.5) is 4.39 Å². The van der Waals surface area contributed by atoms with Crippen molar-refractivity contribution in [2.45, 2.75) is 18.1 Å². The van der Waals surface area contributed by atoms with E-state index in [1.165, 1.54) is 17.8 Å². The monoisotopic (exact) mass is 361 g/mol. The minimum absolute atomic E-state index is 0.224. The Balaban J connectivity index is 1.86. The lowest BCUT2D eigenvalue weighted by molar-refractivity contribution is -0.124. The first kappa shape index (κ1) is 19.0. The molecule has 2 rings (SSSR count). The van der Waals surface area contributed by atoms with Crippen LogP contribution in [0, 0.1) is 5.82 Å². The number of carbonyl (C=O) groups is 2. The molecule has 0 bridgehead atoms. The maximum atomic E-state index is 13.5.